The monoisotopic (exact) mass is 249 g/mol. The molecule has 0 aliphatic carbocycles. The Bertz CT molecular complexity index is 474. The van der Waals surface area contributed by atoms with E-state index in [9.17, 15) is 13.2 Å². The predicted octanol–water partition coefficient (Wildman–Crippen LogP) is 0.113. The summed E-state index contributed by atoms with van der Waals surface area (Å²) in [7, 11) is -3.35. The molecular weight excluding hydrogens is 242 g/mol. The van der Waals surface area contributed by atoms with Gasteiger partial charge in [-0.25, -0.2) is 18.4 Å². The molecular formula is C7H8ClN3O3S. The van der Waals surface area contributed by atoms with Crippen LogP contribution in [0.1, 0.15) is 0 Å². The van der Waals surface area contributed by atoms with Gasteiger partial charge in [0.15, 0.2) is 9.84 Å². The van der Waals surface area contributed by atoms with Crippen LogP contribution in [0.15, 0.2) is 12.3 Å². The van der Waals surface area contributed by atoms with Crippen molar-refractivity contribution < 1.29 is 13.2 Å². The van der Waals surface area contributed by atoms with Crippen LogP contribution in [0.25, 0.3) is 0 Å². The van der Waals surface area contributed by atoms with Crippen molar-refractivity contribution in [2.75, 3.05) is 17.3 Å². The van der Waals surface area contributed by atoms with E-state index in [4.69, 9.17) is 11.6 Å². The second-order valence-corrected chi connectivity index (χ2v) is 5.35. The number of aromatic nitrogens is 2. The predicted molar refractivity (Wildman–Crippen MR) is 55.4 cm³/mol. The second kappa shape index (κ2) is 4.54. The normalized spacial score (nSPS) is 11.1. The van der Waals surface area contributed by atoms with Crippen LogP contribution in [0, 0.1) is 0 Å². The van der Waals surface area contributed by atoms with Crippen LogP contribution in [-0.4, -0.2) is 36.3 Å². The lowest BCUT2D eigenvalue weighted by Gasteiger charge is -2.01. The van der Waals surface area contributed by atoms with E-state index >= 15 is 0 Å². The number of carbonyl (C=O) groups excluding carboxylic acids is 1. The SMILES string of the molecule is CS(=O)(=O)CC(=O)Nc1nccc(Cl)n1. The Hall–Kier alpha value is -1.21. The van der Waals surface area contributed by atoms with E-state index in [0.717, 1.165) is 6.26 Å². The van der Waals surface area contributed by atoms with E-state index < -0.39 is 21.5 Å². The van der Waals surface area contributed by atoms with Crippen LogP contribution < -0.4 is 5.32 Å². The molecule has 1 amide bonds. The highest BCUT2D eigenvalue weighted by molar-refractivity contribution is 7.91. The summed E-state index contributed by atoms with van der Waals surface area (Å²) in [5.74, 6) is -1.32. The van der Waals surface area contributed by atoms with Gasteiger partial charge < -0.3 is 0 Å². The number of amides is 1. The number of anilines is 1. The lowest BCUT2D eigenvalue weighted by Crippen LogP contribution is -2.22. The molecule has 0 fully saturated rings. The number of hydrogen-bond acceptors (Lipinski definition) is 5. The number of nitrogens with one attached hydrogen (secondary N) is 1. The minimum absolute atomic E-state index is 0.0175. The van der Waals surface area contributed by atoms with E-state index in [1.807, 2.05) is 0 Å². The number of nitrogens with zero attached hydrogens (tertiary/aromatic N) is 2. The molecule has 0 saturated heterocycles. The van der Waals surface area contributed by atoms with Crippen molar-refractivity contribution in [3.05, 3.63) is 17.4 Å². The zero-order valence-corrected chi connectivity index (χ0v) is 9.34. The average Bonchev–Trinajstić information content (AvgIpc) is 1.99. The van der Waals surface area contributed by atoms with Gasteiger partial charge in [-0.05, 0) is 6.07 Å². The van der Waals surface area contributed by atoms with Gasteiger partial charge in [-0.3, -0.25) is 10.1 Å². The van der Waals surface area contributed by atoms with Crippen LogP contribution in [0.5, 0.6) is 0 Å². The van der Waals surface area contributed by atoms with Gasteiger partial charge in [0, 0.05) is 12.5 Å². The second-order valence-electron chi connectivity index (χ2n) is 2.82. The number of hydrogen-bond donors (Lipinski definition) is 1. The Kier molecular flexibility index (Phi) is 3.59. The zero-order chi connectivity index (χ0) is 11.5. The van der Waals surface area contributed by atoms with Crippen LogP contribution in [0.3, 0.4) is 0 Å². The maximum atomic E-state index is 11.1. The molecule has 82 valence electrons. The number of sulfone groups is 1. The zero-order valence-electron chi connectivity index (χ0n) is 7.77. The summed E-state index contributed by atoms with van der Waals surface area (Å²) in [6, 6.07) is 1.44. The van der Waals surface area contributed by atoms with Crippen molar-refractivity contribution in [1.82, 2.24) is 9.97 Å². The summed E-state index contributed by atoms with van der Waals surface area (Å²) in [5, 5.41) is 2.38. The van der Waals surface area contributed by atoms with Gasteiger partial charge in [0.1, 0.15) is 10.9 Å². The van der Waals surface area contributed by atoms with Gasteiger partial charge in [-0.1, -0.05) is 11.6 Å². The molecule has 0 aromatic carbocycles. The van der Waals surface area contributed by atoms with Gasteiger partial charge in [-0.15, -0.1) is 0 Å². The molecule has 1 heterocycles. The minimum Gasteiger partial charge on any atom is -0.294 e. The van der Waals surface area contributed by atoms with Gasteiger partial charge in [0.25, 0.3) is 0 Å². The summed E-state index contributed by atoms with van der Waals surface area (Å²) in [4.78, 5) is 18.5. The summed E-state index contributed by atoms with van der Waals surface area (Å²) in [6.45, 7) is 0. The molecule has 0 aliphatic heterocycles. The van der Waals surface area contributed by atoms with Crippen molar-refractivity contribution in [2.45, 2.75) is 0 Å². The Morgan fingerprint density at radius 3 is 2.80 bits per heavy atom. The number of rotatable bonds is 3. The van der Waals surface area contributed by atoms with Crippen molar-refractivity contribution in [3.8, 4) is 0 Å². The number of halogens is 1. The molecule has 0 unspecified atom stereocenters. The van der Waals surface area contributed by atoms with Crippen molar-refractivity contribution in [2.24, 2.45) is 0 Å². The van der Waals surface area contributed by atoms with E-state index in [-0.39, 0.29) is 11.1 Å². The highest BCUT2D eigenvalue weighted by Gasteiger charge is 2.11. The minimum atomic E-state index is -3.35. The van der Waals surface area contributed by atoms with Gasteiger partial charge >= 0.3 is 0 Å². The van der Waals surface area contributed by atoms with Crippen LogP contribution >= 0.6 is 11.6 Å². The Balaban J connectivity index is 2.67. The fraction of sp³-hybridized carbons (Fsp3) is 0.286. The Morgan fingerprint density at radius 1 is 1.60 bits per heavy atom. The first-order valence-electron chi connectivity index (χ1n) is 3.83. The maximum absolute atomic E-state index is 11.1. The fourth-order valence-corrected chi connectivity index (χ4v) is 1.48. The highest BCUT2D eigenvalue weighted by Crippen LogP contribution is 2.05. The summed E-state index contributed by atoms with van der Waals surface area (Å²) >= 11 is 5.54. The van der Waals surface area contributed by atoms with Crippen molar-refractivity contribution in [1.29, 1.82) is 0 Å². The Morgan fingerprint density at radius 2 is 2.27 bits per heavy atom. The van der Waals surface area contributed by atoms with E-state index in [2.05, 4.69) is 15.3 Å². The standard InChI is InChI=1S/C7H8ClN3O3S/c1-15(13,14)4-6(12)11-7-9-3-2-5(8)10-7/h2-3H,4H2,1H3,(H,9,10,11,12). The third-order valence-corrected chi connectivity index (χ3v) is 2.26. The molecule has 15 heavy (non-hydrogen) atoms. The van der Waals surface area contributed by atoms with Crippen LogP contribution in [-0.2, 0) is 14.6 Å². The molecule has 0 spiro atoms. The molecule has 0 radical (unpaired) electrons. The van der Waals surface area contributed by atoms with E-state index in [1.165, 1.54) is 12.3 Å². The average molecular weight is 250 g/mol. The molecule has 1 aromatic rings. The lowest BCUT2D eigenvalue weighted by molar-refractivity contribution is -0.113. The third kappa shape index (κ3) is 4.71. The molecule has 0 atom stereocenters. The Labute approximate surface area is 91.6 Å². The largest absolute Gasteiger partial charge is 0.294 e. The molecule has 8 heteroatoms. The summed E-state index contributed by atoms with van der Waals surface area (Å²) < 4.78 is 21.5. The maximum Gasteiger partial charge on any atom is 0.241 e. The highest BCUT2D eigenvalue weighted by atomic mass is 35.5. The fourth-order valence-electron chi connectivity index (χ4n) is 0.796. The summed E-state index contributed by atoms with van der Waals surface area (Å²) in [5.41, 5.74) is 0. The number of carbonyl (C=O) groups is 1. The smallest absolute Gasteiger partial charge is 0.241 e. The molecule has 1 aromatic heterocycles. The topological polar surface area (TPSA) is 89.0 Å². The van der Waals surface area contributed by atoms with Gasteiger partial charge in [-0.2, -0.15) is 0 Å². The molecule has 6 nitrogen and oxygen atoms in total. The molecule has 1 N–H and O–H groups in total. The van der Waals surface area contributed by atoms with E-state index in [0.29, 0.717) is 0 Å². The summed E-state index contributed by atoms with van der Waals surface area (Å²) in [6.07, 6.45) is 2.32. The quantitative estimate of drug-likeness (QED) is 0.769. The third-order valence-electron chi connectivity index (χ3n) is 1.27. The first-order chi connectivity index (χ1) is 6.87. The van der Waals surface area contributed by atoms with Crippen LogP contribution in [0.4, 0.5) is 5.95 Å². The van der Waals surface area contributed by atoms with Crippen LogP contribution in [0.2, 0.25) is 5.15 Å². The van der Waals surface area contributed by atoms with E-state index in [1.54, 1.807) is 0 Å². The first kappa shape index (κ1) is 11.9. The molecule has 0 aliphatic rings. The van der Waals surface area contributed by atoms with Gasteiger partial charge in [0.05, 0.1) is 0 Å². The molecule has 0 bridgehead atoms. The molecule has 1 rings (SSSR count). The van der Waals surface area contributed by atoms with Crippen molar-refractivity contribution in [3.63, 3.8) is 0 Å². The first-order valence-corrected chi connectivity index (χ1v) is 6.27. The lowest BCUT2D eigenvalue weighted by atomic mass is 10.6. The molecule has 0 saturated carbocycles. The van der Waals surface area contributed by atoms with Gasteiger partial charge in [0.2, 0.25) is 11.9 Å². The van der Waals surface area contributed by atoms with Crippen molar-refractivity contribution >= 4 is 33.3 Å².